The predicted molar refractivity (Wildman–Crippen MR) is 299 cm³/mol. The zero-order chi connectivity index (χ0) is 51.5. The van der Waals surface area contributed by atoms with Crippen molar-refractivity contribution in [2.24, 2.45) is 0 Å². The Bertz CT molecular complexity index is 1300. The van der Waals surface area contributed by atoms with E-state index in [4.69, 9.17) is 9.47 Å². The van der Waals surface area contributed by atoms with Gasteiger partial charge in [0.05, 0.1) is 25.4 Å². The van der Waals surface area contributed by atoms with Crippen LogP contribution in [0, 0.1) is 0 Å². The molecule has 1 aliphatic rings. The molecule has 1 rings (SSSR count). The summed E-state index contributed by atoms with van der Waals surface area (Å²) < 4.78 is 11.3. The number of rotatable bonds is 51. The van der Waals surface area contributed by atoms with Gasteiger partial charge >= 0.3 is 0 Å². The highest BCUT2D eigenvalue weighted by Crippen LogP contribution is 2.23. The molecule has 1 saturated heterocycles. The highest BCUT2D eigenvalue weighted by atomic mass is 16.7. The second-order valence-electron chi connectivity index (χ2n) is 20.8. The third-order valence-corrected chi connectivity index (χ3v) is 14.1. The van der Waals surface area contributed by atoms with E-state index in [0.29, 0.717) is 6.42 Å². The van der Waals surface area contributed by atoms with E-state index >= 15 is 0 Å². The molecule has 7 atom stereocenters. The number of carbonyl (C=O) groups is 1. The quantitative estimate of drug-likeness (QED) is 0.0261. The van der Waals surface area contributed by atoms with Crippen molar-refractivity contribution in [2.45, 2.75) is 314 Å². The zero-order valence-corrected chi connectivity index (χ0v) is 46.0. The molecular weight excluding hydrogens is 887 g/mol. The molecule has 0 radical (unpaired) electrons. The molecule has 0 bridgehead atoms. The molecule has 6 N–H and O–H groups in total. The van der Waals surface area contributed by atoms with Crippen LogP contribution < -0.4 is 5.32 Å². The van der Waals surface area contributed by atoms with Crippen LogP contribution in [-0.4, -0.2) is 87.5 Å². The lowest BCUT2D eigenvalue weighted by atomic mass is 9.99. The zero-order valence-electron chi connectivity index (χ0n) is 46.0. The Morgan fingerprint density at radius 2 is 0.845 bits per heavy atom. The summed E-state index contributed by atoms with van der Waals surface area (Å²) in [6.45, 7) is 3.77. The fraction of sp³-hybridized carbons (Fsp3) is 0.823. The molecule has 1 fully saturated rings. The van der Waals surface area contributed by atoms with E-state index in [1.54, 1.807) is 6.08 Å². The highest BCUT2D eigenvalue weighted by Gasteiger charge is 2.44. The lowest BCUT2D eigenvalue weighted by Crippen LogP contribution is -2.60. The van der Waals surface area contributed by atoms with Crippen LogP contribution in [0.2, 0.25) is 0 Å². The highest BCUT2D eigenvalue weighted by molar-refractivity contribution is 5.76. The third-order valence-electron chi connectivity index (χ3n) is 14.1. The molecule has 414 valence electrons. The van der Waals surface area contributed by atoms with E-state index in [9.17, 15) is 30.3 Å². The van der Waals surface area contributed by atoms with E-state index in [0.717, 1.165) is 64.2 Å². The second kappa shape index (κ2) is 51.4. The minimum absolute atomic E-state index is 0.198. The number of aliphatic hydroxyl groups is 5. The molecule has 1 amide bonds. The van der Waals surface area contributed by atoms with Crippen LogP contribution in [0.1, 0.15) is 271 Å². The lowest BCUT2D eigenvalue weighted by molar-refractivity contribution is -0.302. The van der Waals surface area contributed by atoms with Crippen LogP contribution >= 0.6 is 0 Å². The monoisotopic (exact) mass is 1000 g/mol. The van der Waals surface area contributed by atoms with Crippen LogP contribution in [0.3, 0.4) is 0 Å². The average Bonchev–Trinajstić information content (AvgIpc) is 3.37. The lowest BCUT2D eigenvalue weighted by Gasteiger charge is -2.40. The number of hydrogen-bond donors (Lipinski definition) is 6. The Hall–Kier alpha value is -2.11. The molecule has 0 aromatic rings. The summed E-state index contributed by atoms with van der Waals surface area (Å²) in [5.41, 5.74) is 0. The first-order valence-corrected chi connectivity index (χ1v) is 30.0. The standard InChI is InChI=1S/C62H113NO8/c1-3-5-7-9-11-13-15-17-19-21-23-25-26-27-28-29-30-32-33-35-37-39-41-43-45-47-49-51-56(65)55(54-70-62-61(69)60(68)59(67)57(53-64)71-62)63-58(66)52-50-48-46-44-42-40-38-36-34-31-24-22-20-18-16-14-12-10-8-6-4-2/h16,18,22,24,34,36,41,43,49,51,55-57,59-62,64-65,67-69H,3-15,17,19-21,23,25-33,35,37-40,42,44-48,50,52-54H2,1-2H3,(H,63,66)/b18-16-,24-22-,36-34-,43-41+,51-49+. The van der Waals surface area contributed by atoms with Crippen molar-refractivity contribution in [3.05, 3.63) is 60.8 Å². The van der Waals surface area contributed by atoms with Crippen molar-refractivity contribution >= 4 is 5.91 Å². The minimum atomic E-state index is -1.58. The molecule has 1 heterocycles. The van der Waals surface area contributed by atoms with Crippen LogP contribution in [-0.2, 0) is 14.3 Å². The van der Waals surface area contributed by atoms with Gasteiger partial charge in [-0.25, -0.2) is 0 Å². The predicted octanol–water partition coefficient (Wildman–Crippen LogP) is 15.1. The van der Waals surface area contributed by atoms with Crippen molar-refractivity contribution in [1.29, 1.82) is 0 Å². The molecule has 0 spiro atoms. The number of amides is 1. The van der Waals surface area contributed by atoms with Gasteiger partial charge in [0.25, 0.3) is 0 Å². The number of nitrogens with one attached hydrogen (secondary N) is 1. The largest absolute Gasteiger partial charge is 0.394 e. The van der Waals surface area contributed by atoms with Gasteiger partial charge in [-0.1, -0.05) is 254 Å². The molecule has 1 aliphatic heterocycles. The van der Waals surface area contributed by atoms with Gasteiger partial charge in [0.1, 0.15) is 24.4 Å². The molecular formula is C62H113NO8. The van der Waals surface area contributed by atoms with E-state index in [2.05, 4.69) is 67.8 Å². The molecule has 9 nitrogen and oxygen atoms in total. The van der Waals surface area contributed by atoms with Crippen LogP contribution in [0.5, 0.6) is 0 Å². The Labute approximate surface area is 436 Å². The van der Waals surface area contributed by atoms with Crippen molar-refractivity contribution < 1.29 is 39.8 Å². The maximum Gasteiger partial charge on any atom is 0.220 e. The van der Waals surface area contributed by atoms with Gasteiger partial charge < -0.3 is 40.3 Å². The molecule has 0 aromatic carbocycles. The van der Waals surface area contributed by atoms with E-state index < -0.39 is 49.5 Å². The summed E-state index contributed by atoms with van der Waals surface area (Å²) >= 11 is 0. The van der Waals surface area contributed by atoms with E-state index in [1.807, 2.05) is 6.08 Å². The molecule has 0 aliphatic carbocycles. The van der Waals surface area contributed by atoms with Crippen molar-refractivity contribution in [2.75, 3.05) is 13.2 Å². The molecule has 0 aromatic heterocycles. The first-order valence-electron chi connectivity index (χ1n) is 30.0. The number of carbonyl (C=O) groups excluding carboxylic acids is 1. The Kier molecular flexibility index (Phi) is 48.4. The topological polar surface area (TPSA) is 149 Å². The van der Waals surface area contributed by atoms with Gasteiger partial charge in [-0.05, 0) is 70.6 Å². The van der Waals surface area contributed by atoms with Gasteiger partial charge in [0, 0.05) is 6.42 Å². The van der Waals surface area contributed by atoms with E-state index in [1.165, 1.54) is 186 Å². The number of ether oxygens (including phenoxy) is 2. The molecule has 9 heteroatoms. The van der Waals surface area contributed by atoms with Crippen LogP contribution in [0.15, 0.2) is 60.8 Å². The fourth-order valence-corrected chi connectivity index (χ4v) is 9.30. The smallest absolute Gasteiger partial charge is 0.220 e. The number of hydrogen-bond acceptors (Lipinski definition) is 8. The first kappa shape index (κ1) is 66.9. The van der Waals surface area contributed by atoms with Gasteiger partial charge in [0.15, 0.2) is 6.29 Å². The minimum Gasteiger partial charge on any atom is -0.394 e. The summed E-state index contributed by atoms with van der Waals surface area (Å²) in [5.74, 6) is -0.198. The number of allylic oxidation sites excluding steroid dienone is 9. The Balaban J connectivity index is 2.25. The second-order valence-corrected chi connectivity index (χ2v) is 20.8. The van der Waals surface area contributed by atoms with Gasteiger partial charge in [-0.3, -0.25) is 4.79 Å². The van der Waals surface area contributed by atoms with Crippen molar-refractivity contribution in [1.82, 2.24) is 5.32 Å². The van der Waals surface area contributed by atoms with Gasteiger partial charge in [-0.15, -0.1) is 0 Å². The maximum atomic E-state index is 13.1. The average molecular weight is 1000 g/mol. The van der Waals surface area contributed by atoms with Crippen molar-refractivity contribution in [3.63, 3.8) is 0 Å². The molecule has 71 heavy (non-hydrogen) atoms. The molecule has 0 saturated carbocycles. The number of aliphatic hydroxyl groups excluding tert-OH is 5. The van der Waals surface area contributed by atoms with Crippen LogP contribution in [0.4, 0.5) is 0 Å². The van der Waals surface area contributed by atoms with Crippen LogP contribution in [0.25, 0.3) is 0 Å². The van der Waals surface area contributed by atoms with Gasteiger partial charge in [0.2, 0.25) is 5.91 Å². The normalized spacial score (nSPS) is 19.7. The van der Waals surface area contributed by atoms with Gasteiger partial charge in [-0.2, -0.15) is 0 Å². The fourth-order valence-electron chi connectivity index (χ4n) is 9.30. The maximum absolute atomic E-state index is 13.1. The summed E-state index contributed by atoms with van der Waals surface area (Å²) in [6.07, 6.45) is 62.9. The summed E-state index contributed by atoms with van der Waals surface area (Å²) in [7, 11) is 0. The SMILES string of the molecule is CCCCCCC/C=C\C/C=C\C/C=C\CCCCCCCCC(=O)NC(COC1OC(CO)C(O)C(O)C1O)C(O)/C=C/CC/C=C/CCCCCCCCCCCCCCCCCCCCCCC. The Morgan fingerprint density at radius 1 is 0.479 bits per heavy atom. The summed E-state index contributed by atoms with van der Waals surface area (Å²) in [6, 6.07) is -0.832. The first-order chi connectivity index (χ1) is 34.8. The third kappa shape index (κ3) is 40.9. The van der Waals surface area contributed by atoms with E-state index in [-0.39, 0.29) is 12.5 Å². The number of unbranched alkanes of at least 4 members (excludes halogenated alkanes) is 33. The summed E-state index contributed by atoms with van der Waals surface area (Å²) in [4.78, 5) is 13.1. The summed E-state index contributed by atoms with van der Waals surface area (Å²) in [5, 5.41) is 54.5. The molecule has 7 unspecified atom stereocenters. The van der Waals surface area contributed by atoms with Crippen molar-refractivity contribution in [3.8, 4) is 0 Å². The Morgan fingerprint density at radius 3 is 1.28 bits per heavy atom.